The summed E-state index contributed by atoms with van der Waals surface area (Å²) in [5.74, 6) is 1.20. The monoisotopic (exact) mass is 254 g/mol. The number of hydrogen-bond acceptors (Lipinski definition) is 1. The third kappa shape index (κ3) is 2.97. The summed E-state index contributed by atoms with van der Waals surface area (Å²) in [6.07, 6.45) is 10.5. The van der Waals surface area contributed by atoms with Crippen LogP contribution in [0.4, 0.5) is 0 Å². The van der Waals surface area contributed by atoms with Gasteiger partial charge in [-0.2, -0.15) is 0 Å². The Morgan fingerprint density at radius 3 is 2.63 bits per heavy atom. The third-order valence-corrected chi connectivity index (χ3v) is 4.46. The van der Waals surface area contributed by atoms with Gasteiger partial charge in [0.15, 0.2) is 5.78 Å². The van der Waals surface area contributed by atoms with E-state index < -0.39 is 0 Å². The van der Waals surface area contributed by atoms with E-state index in [0.29, 0.717) is 11.7 Å². The molecule has 2 aliphatic carbocycles. The summed E-state index contributed by atoms with van der Waals surface area (Å²) in [6, 6.07) is 10.5. The van der Waals surface area contributed by atoms with Gasteiger partial charge in [-0.25, -0.2) is 0 Å². The fourth-order valence-electron chi connectivity index (χ4n) is 3.21. The minimum Gasteiger partial charge on any atom is -0.294 e. The van der Waals surface area contributed by atoms with Gasteiger partial charge in [-0.15, -0.1) is 0 Å². The van der Waals surface area contributed by atoms with E-state index in [1.807, 2.05) is 6.07 Å². The molecule has 1 nitrogen and oxygen atoms in total. The molecule has 0 radical (unpaired) electrons. The van der Waals surface area contributed by atoms with Crippen molar-refractivity contribution < 1.29 is 4.79 Å². The highest BCUT2D eigenvalue weighted by Crippen LogP contribution is 2.49. The van der Waals surface area contributed by atoms with Gasteiger partial charge >= 0.3 is 0 Å². The Kier molecular flexibility index (Phi) is 3.82. The van der Waals surface area contributed by atoms with Gasteiger partial charge in [-0.05, 0) is 49.2 Å². The molecule has 0 aromatic heterocycles. The first kappa shape index (κ1) is 12.7. The first-order valence-corrected chi connectivity index (χ1v) is 7.64. The van der Waals surface area contributed by atoms with Crippen LogP contribution in [0, 0.1) is 5.92 Å². The molecule has 1 aromatic rings. The van der Waals surface area contributed by atoms with Gasteiger partial charge in [0.2, 0.25) is 0 Å². The lowest BCUT2D eigenvalue weighted by molar-refractivity contribution is -0.117. The lowest BCUT2D eigenvalue weighted by Crippen LogP contribution is -2.08. The van der Waals surface area contributed by atoms with Crippen LogP contribution >= 0.6 is 0 Å². The van der Waals surface area contributed by atoms with E-state index in [2.05, 4.69) is 30.3 Å². The van der Waals surface area contributed by atoms with Crippen LogP contribution in [0.3, 0.4) is 0 Å². The topological polar surface area (TPSA) is 17.1 Å². The molecule has 0 amide bonds. The van der Waals surface area contributed by atoms with Crippen LogP contribution in [0.1, 0.15) is 56.4 Å². The summed E-state index contributed by atoms with van der Waals surface area (Å²) in [4.78, 5) is 12.5. The summed E-state index contributed by atoms with van der Waals surface area (Å²) in [5, 5.41) is 0. The van der Waals surface area contributed by atoms with Crippen LogP contribution in [0.15, 0.2) is 42.0 Å². The van der Waals surface area contributed by atoms with E-state index in [9.17, 15) is 4.79 Å². The summed E-state index contributed by atoms with van der Waals surface area (Å²) >= 11 is 0. The second-order valence-electron chi connectivity index (χ2n) is 5.91. The molecule has 0 saturated heterocycles. The normalized spacial score (nSPS) is 29.8. The fourth-order valence-corrected chi connectivity index (χ4v) is 3.21. The van der Waals surface area contributed by atoms with Crippen LogP contribution in [0.25, 0.3) is 0 Å². The van der Waals surface area contributed by atoms with Crippen molar-refractivity contribution in [1.29, 1.82) is 0 Å². The molecule has 2 unspecified atom stereocenters. The third-order valence-electron chi connectivity index (χ3n) is 4.46. The van der Waals surface area contributed by atoms with Gasteiger partial charge in [0.1, 0.15) is 0 Å². The van der Waals surface area contributed by atoms with Crippen LogP contribution in [-0.2, 0) is 4.79 Å². The second kappa shape index (κ2) is 5.73. The number of carbonyl (C=O) groups excluding carboxylic acids is 1. The summed E-state index contributed by atoms with van der Waals surface area (Å²) in [7, 11) is 0. The Morgan fingerprint density at radius 2 is 1.79 bits per heavy atom. The van der Waals surface area contributed by atoms with Crippen LogP contribution in [0.2, 0.25) is 0 Å². The Labute approximate surface area is 115 Å². The number of Topliss-reactive ketones (excluding diaryl/α,β-unsaturated/α-hetero) is 1. The predicted molar refractivity (Wildman–Crippen MR) is 78.1 cm³/mol. The molecule has 0 heterocycles. The highest BCUT2D eigenvalue weighted by Gasteiger charge is 2.44. The smallest absolute Gasteiger partial charge is 0.162 e. The molecule has 2 atom stereocenters. The molecular weight excluding hydrogens is 232 g/mol. The molecule has 1 heteroatoms. The van der Waals surface area contributed by atoms with Gasteiger partial charge in [-0.1, -0.05) is 49.2 Å². The number of allylic oxidation sites excluding steroid dienone is 2. The first-order chi connectivity index (χ1) is 9.36. The Morgan fingerprint density at radius 1 is 1.00 bits per heavy atom. The van der Waals surface area contributed by atoms with Crippen molar-refractivity contribution in [2.75, 3.05) is 0 Å². The molecule has 1 saturated carbocycles. The van der Waals surface area contributed by atoms with Gasteiger partial charge in [0, 0.05) is 5.92 Å². The maximum absolute atomic E-state index is 12.5. The quantitative estimate of drug-likeness (QED) is 0.768. The lowest BCUT2D eigenvalue weighted by Gasteiger charge is -2.10. The van der Waals surface area contributed by atoms with E-state index in [-0.39, 0.29) is 5.92 Å². The van der Waals surface area contributed by atoms with Gasteiger partial charge in [-0.3, -0.25) is 4.79 Å². The van der Waals surface area contributed by atoms with Crippen molar-refractivity contribution in [3.63, 3.8) is 0 Å². The fraction of sp³-hybridized carbons (Fsp3) is 0.500. The zero-order chi connectivity index (χ0) is 13.1. The van der Waals surface area contributed by atoms with Crippen molar-refractivity contribution in [2.24, 2.45) is 5.92 Å². The number of rotatable bonds is 3. The van der Waals surface area contributed by atoms with E-state index in [1.54, 1.807) is 0 Å². The second-order valence-corrected chi connectivity index (χ2v) is 5.91. The predicted octanol–water partition coefficient (Wildman–Crippen LogP) is 4.64. The van der Waals surface area contributed by atoms with Gasteiger partial charge < -0.3 is 0 Å². The number of hydrogen-bond donors (Lipinski definition) is 0. The van der Waals surface area contributed by atoms with E-state index >= 15 is 0 Å². The molecule has 0 aliphatic heterocycles. The SMILES string of the molecule is O=C(/C1=C/CCCCCC1)C1CC1c1ccccc1. The zero-order valence-corrected chi connectivity index (χ0v) is 11.5. The van der Waals surface area contributed by atoms with E-state index in [1.165, 1.54) is 31.2 Å². The summed E-state index contributed by atoms with van der Waals surface area (Å²) < 4.78 is 0. The molecule has 0 N–H and O–H groups in total. The highest BCUT2D eigenvalue weighted by atomic mass is 16.1. The standard InChI is InChI=1S/C18H22O/c19-18(15-11-5-2-1-3-6-12-15)17-13-16(17)14-9-7-4-8-10-14/h4,7-11,16-17H,1-3,5-6,12-13H2/b15-11+. The average molecular weight is 254 g/mol. The Hall–Kier alpha value is -1.37. The Bertz CT molecular complexity index is 472. The maximum Gasteiger partial charge on any atom is 0.162 e. The molecule has 0 bridgehead atoms. The van der Waals surface area contributed by atoms with Crippen molar-refractivity contribution in [1.82, 2.24) is 0 Å². The van der Waals surface area contributed by atoms with Gasteiger partial charge in [0.25, 0.3) is 0 Å². The average Bonchev–Trinajstić information content (AvgIpc) is 3.19. The van der Waals surface area contributed by atoms with E-state index in [0.717, 1.165) is 24.8 Å². The van der Waals surface area contributed by atoms with Crippen molar-refractivity contribution in [3.05, 3.63) is 47.5 Å². The van der Waals surface area contributed by atoms with Crippen LogP contribution < -0.4 is 0 Å². The molecule has 1 fully saturated rings. The maximum atomic E-state index is 12.5. The molecule has 1 aromatic carbocycles. The molecule has 3 rings (SSSR count). The molecule has 2 aliphatic rings. The summed E-state index contributed by atoms with van der Waals surface area (Å²) in [5.41, 5.74) is 2.47. The number of carbonyl (C=O) groups is 1. The van der Waals surface area contributed by atoms with Crippen molar-refractivity contribution in [3.8, 4) is 0 Å². The molecular formula is C18H22O. The molecule has 0 spiro atoms. The first-order valence-electron chi connectivity index (χ1n) is 7.64. The number of ketones is 1. The van der Waals surface area contributed by atoms with Crippen LogP contribution in [-0.4, -0.2) is 5.78 Å². The zero-order valence-electron chi connectivity index (χ0n) is 11.5. The van der Waals surface area contributed by atoms with Crippen LogP contribution in [0.5, 0.6) is 0 Å². The van der Waals surface area contributed by atoms with E-state index in [4.69, 9.17) is 0 Å². The minimum atomic E-state index is 0.271. The van der Waals surface area contributed by atoms with Gasteiger partial charge in [0.05, 0.1) is 0 Å². The van der Waals surface area contributed by atoms with Crippen molar-refractivity contribution in [2.45, 2.75) is 50.9 Å². The highest BCUT2D eigenvalue weighted by molar-refractivity contribution is 5.99. The summed E-state index contributed by atoms with van der Waals surface area (Å²) in [6.45, 7) is 0. The van der Waals surface area contributed by atoms with Crippen molar-refractivity contribution >= 4 is 5.78 Å². The molecule has 19 heavy (non-hydrogen) atoms. The lowest BCUT2D eigenvalue weighted by atomic mass is 9.94. The minimum absolute atomic E-state index is 0.271. The Balaban J connectivity index is 1.66. The molecule has 100 valence electrons. The number of benzene rings is 1. The largest absolute Gasteiger partial charge is 0.294 e.